The molecule has 0 saturated heterocycles. The van der Waals surface area contributed by atoms with Gasteiger partial charge in [0.25, 0.3) is 0 Å². The molecule has 0 aliphatic carbocycles. The molecule has 0 bridgehead atoms. The summed E-state index contributed by atoms with van der Waals surface area (Å²) in [6.07, 6.45) is 0. The Bertz CT molecular complexity index is 451. The van der Waals surface area contributed by atoms with Gasteiger partial charge in [0.2, 0.25) is 0 Å². The summed E-state index contributed by atoms with van der Waals surface area (Å²) < 4.78 is 37.5. The summed E-state index contributed by atoms with van der Waals surface area (Å²) in [5.41, 5.74) is 0. The molecular weight excluding hydrogens is 235 g/mol. The largest absolute Gasteiger partial charge is 0.488 e. The summed E-state index contributed by atoms with van der Waals surface area (Å²) >= 11 is 0. The SMILES string of the molecule is C[Si](C)(C)c1ccccc1OS(=O)(=O)F. The van der Waals surface area contributed by atoms with Gasteiger partial charge in [0.05, 0.1) is 8.07 Å². The number of benzene rings is 1. The van der Waals surface area contributed by atoms with Crippen molar-refractivity contribution >= 4 is 23.8 Å². The standard InChI is InChI=1S/C9H13FO3SSi/c1-15(2,3)9-7-5-4-6-8(9)13-14(10,11)12/h4-7H,1-3H3. The summed E-state index contributed by atoms with van der Waals surface area (Å²) in [4.78, 5) is 0. The molecule has 1 rings (SSSR count). The van der Waals surface area contributed by atoms with Gasteiger partial charge in [-0.25, -0.2) is 0 Å². The minimum absolute atomic E-state index is 0.0965. The van der Waals surface area contributed by atoms with Gasteiger partial charge in [-0.1, -0.05) is 41.7 Å². The Morgan fingerprint density at radius 3 is 2.20 bits per heavy atom. The van der Waals surface area contributed by atoms with Crippen LogP contribution in [0, 0.1) is 0 Å². The number of hydrogen-bond acceptors (Lipinski definition) is 3. The molecule has 0 unspecified atom stereocenters. The fourth-order valence-electron chi connectivity index (χ4n) is 1.27. The summed E-state index contributed by atoms with van der Waals surface area (Å²) in [5, 5.41) is 0.784. The summed E-state index contributed by atoms with van der Waals surface area (Å²) in [5.74, 6) is 0.0965. The van der Waals surface area contributed by atoms with Crippen LogP contribution in [0.3, 0.4) is 0 Å². The second-order valence-electron chi connectivity index (χ2n) is 4.22. The molecule has 0 atom stereocenters. The first-order valence-electron chi connectivity index (χ1n) is 4.44. The topological polar surface area (TPSA) is 43.4 Å². The predicted octanol–water partition coefficient (Wildman–Crippen LogP) is 1.82. The zero-order valence-electron chi connectivity index (χ0n) is 8.82. The molecule has 0 aliphatic rings. The van der Waals surface area contributed by atoms with Crippen LogP contribution in [0.15, 0.2) is 24.3 Å². The maximum absolute atomic E-state index is 12.4. The number of halogens is 1. The van der Waals surface area contributed by atoms with Crippen LogP contribution in [0.5, 0.6) is 5.75 Å². The second kappa shape index (κ2) is 3.94. The Morgan fingerprint density at radius 1 is 1.20 bits per heavy atom. The molecular formula is C9H13FO3SSi. The van der Waals surface area contributed by atoms with Gasteiger partial charge >= 0.3 is 10.5 Å². The van der Waals surface area contributed by atoms with Gasteiger partial charge < -0.3 is 4.18 Å². The zero-order chi connectivity index (χ0) is 11.7. The van der Waals surface area contributed by atoms with E-state index in [2.05, 4.69) is 4.18 Å². The van der Waals surface area contributed by atoms with Crippen molar-refractivity contribution in [1.29, 1.82) is 0 Å². The Kier molecular flexibility index (Phi) is 3.20. The highest BCUT2D eigenvalue weighted by Gasteiger charge is 2.23. The van der Waals surface area contributed by atoms with Crippen LogP contribution in [0.4, 0.5) is 3.89 Å². The van der Waals surface area contributed by atoms with E-state index in [1.54, 1.807) is 18.2 Å². The fourth-order valence-corrected chi connectivity index (χ4v) is 3.17. The van der Waals surface area contributed by atoms with E-state index in [1.165, 1.54) is 6.07 Å². The maximum atomic E-state index is 12.4. The molecule has 0 aromatic heterocycles. The van der Waals surface area contributed by atoms with Crippen molar-refractivity contribution in [1.82, 2.24) is 0 Å². The van der Waals surface area contributed by atoms with Crippen LogP contribution in [0.25, 0.3) is 0 Å². The minimum atomic E-state index is -4.94. The summed E-state index contributed by atoms with van der Waals surface area (Å²) in [7, 11) is -6.67. The van der Waals surface area contributed by atoms with E-state index in [9.17, 15) is 12.3 Å². The number of rotatable bonds is 3. The second-order valence-corrected chi connectivity index (χ2v) is 10.2. The molecule has 0 fully saturated rings. The fraction of sp³-hybridized carbons (Fsp3) is 0.333. The first-order chi connectivity index (χ1) is 6.70. The van der Waals surface area contributed by atoms with E-state index in [0.29, 0.717) is 0 Å². The highest BCUT2D eigenvalue weighted by molar-refractivity contribution is 7.81. The Hall–Kier alpha value is -0.883. The van der Waals surface area contributed by atoms with Crippen molar-refractivity contribution < 1.29 is 16.5 Å². The monoisotopic (exact) mass is 248 g/mol. The molecule has 1 aromatic carbocycles. The lowest BCUT2D eigenvalue weighted by Crippen LogP contribution is -2.38. The molecule has 0 aliphatic heterocycles. The van der Waals surface area contributed by atoms with E-state index in [0.717, 1.165) is 5.19 Å². The van der Waals surface area contributed by atoms with Gasteiger partial charge in [0.1, 0.15) is 5.75 Å². The molecule has 0 saturated carbocycles. The van der Waals surface area contributed by atoms with E-state index in [1.807, 2.05) is 19.6 Å². The average Bonchev–Trinajstić information content (AvgIpc) is 1.99. The van der Waals surface area contributed by atoms with E-state index >= 15 is 0 Å². The first-order valence-corrected chi connectivity index (χ1v) is 9.24. The Labute approximate surface area is 90.3 Å². The van der Waals surface area contributed by atoms with Crippen molar-refractivity contribution in [2.75, 3.05) is 0 Å². The van der Waals surface area contributed by atoms with Crippen molar-refractivity contribution in [2.24, 2.45) is 0 Å². The van der Waals surface area contributed by atoms with Crippen LogP contribution in [0.2, 0.25) is 19.6 Å². The molecule has 0 N–H and O–H groups in total. The zero-order valence-corrected chi connectivity index (χ0v) is 10.6. The Balaban J connectivity index is 3.19. The number of para-hydroxylation sites is 1. The summed E-state index contributed by atoms with van der Waals surface area (Å²) in [6, 6.07) is 6.63. The van der Waals surface area contributed by atoms with E-state index in [4.69, 9.17) is 0 Å². The van der Waals surface area contributed by atoms with Crippen LogP contribution in [-0.4, -0.2) is 16.5 Å². The quantitative estimate of drug-likeness (QED) is 0.605. The minimum Gasteiger partial charge on any atom is -0.358 e. The van der Waals surface area contributed by atoms with Gasteiger partial charge in [-0.05, 0) is 11.3 Å². The first kappa shape index (κ1) is 12.2. The smallest absolute Gasteiger partial charge is 0.358 e. The van der Waals surface area contributed by atoms with E-state index < -0.39 is 18.6 Å². The van der Waals surface area contributed by atoms with Gasteiger partial charge in [-0.2, -0.15) is 8.42 Å². The molecule has 0 spiro atoms. The lowest BCUT2D eigenvalue weighted by molar-refractivity contribution is 0.441. The van der Waals surface area contributed by atoms with Crippen LogP contribution in [-0.2, 0) is 10.5 Å². The molecule has 0 heterocycles. The van der Waals surface area contributed by atoms with Gasteiger partial charge in [-0.3, -0.25) is 0 Å². The van der Waals surface area contributed by atoms with Crippen LogP contribution >= 0.6 is 0 Å². The average molecular weight is 248 g/mol. The van der Waals surface area contributed by atoms with Crippen molar-refractivity contribution in [3.05, 3.63) is 24.3 Å². The lowest BCUT2D eigenvalue weighted by atomic mass is 10.3. The summed E-state index contributed by atoms with van der Waals surface area (Å²) in [6.45, 7) is 6.08. The van der Waals surface area contributed by atoms with Gasteiger partial charge in [-0.15, -0.1) is 0 Å². The third-order valence-corrected chi connectivity index (χ3v) is 4.29. The highest BCUT2D eigenvalue weighted by atomic mass is 32.3. The lowest BCUT2D eigenvalue weighted by Gasteiger charge is -2.19. The molecule has 15 heavy (non-hydrogen) atoms. The van der Waals surface area contributed by atoms with Crippen LogP contribution in [0.1, 0.15) is 0 Å². The van der Waals surface area contributed by atoms with Gasteiger partial charge in [0.15, 0.2) is 0 Å². The normalized spacial score (nSPS) is 12.5. The third kappa shape index (κ3) is 3.64. The third-order valence-electron chi connectivity index (χ3n) is 1.88. The maximum Gasteiger partial charge on any atom is 0.488 e. The molecule has 3 nitrogen and oxygen atoms in total. The van der Waals surface area contributed by atoms with Crippen molar-refractivity contribution in [3.63, 3.8) is 0 Å². The predicted molar refractivity (Wildman–Crippen MR) is 60.1 cm³/mol. The Morgan fingerprint density at radius 2 is 1.73 bits per heavy atom. The van der Waals surface area contributed by atoms with E-state index in [-0.39, 0.29) is 5.75 Å². The van der Waals surface area contributed by atoms with Crippen LogP contribution < -0.4 is 9.37 Å². The molecule has 0 radical (unpaired) electrons. The molecule has 84 valence electrons. The molecule has 1 aromatic rings. The molecule has 6 heteroatoms. The van der Waals surface area contributed by atoms with Crippen molar-refractivity contribution in [3.8, 4) is 5.75 Å². The van der Waals surface area contributed by atoms with Gasteiger partial charge in [0, 0.05) is 0 Å². The van der Waals surface area contributed by atoms with Crippen molar-refractivity contribution in [2.45, 2.75) is 19.6 Å². The highest BCUT2D eigenvalue weighted by Crippen LogP contribution is 2.16. The molecule has 0 amide bonds. The number of hydrogen-bond donors (Lipinski definition) is 0.